The van der Waals surface area contributed by atoms with Gasteiger partial charge >= 0.3 is 6.09 Å². The first kappa shape index (κ1) is 17.3. The van der Waals surface area contributed by atoms with Gasteiger partial charge in [-0.1, -0.05) is 0 Å². The molecule has 1 rings (SSSR count). The molecule has 1 aliphatic carbocycles. The van der Waals surface area contributed by atoms with Crippen molar-refractivity contribution >= 4 is 22.9 Å². The number of nitrogens with zero attached hydrogens (tertiary/aromatic N) is 1. The smallest absolute Gasteiger partial charge is 0.407 e. The lowest BCUT2D eigenvalue weighted by Gasteiger charge is -2.30. The Kier molecular flexibility index (Phi) is 6.86. The van der Waals surface area contributed by atoms with Crippen molar-refractivity contribution in [3.63, 3.8) is 0 Å². The minimum absolute atomic E-state index is 0.242. The molecular formula is C15H28N2O2S. The number of alkyl carbamates (subject to hydrolysis) is 1. The molecule has 1 amide bonds. The molecule has 0 aromatic rings. The van der Waals surface area contributed by atoms with E-state index in [1.165, 1.54) is 5.04 Å². The van der Waals surface area contributed by atoms with Gasteiger partial charge < -0.3 is 10.1 Å². The maximum absolute atomic E-state index is 11.7. The molecule has 0 aromatic carbocycles. The van der Waals surface area contributed by atoms with Crippen LogP contribution in [-0.4, -0.2) is 35.6 Å². The predicted molar refractivity (Wildman–Crippen MR) is 86.6 cm³/mol. The van der Waals surface area contributed by atoms with Crippen LogP contribution < -0.4 is 5.32 Å². The second-order valence-corrected chi connectivity index (χ2v) is 7.04. The van der Waals surface area contributed by atoms with Crippen LogP contribution in [0.1, 0.15) is 53.4 Å². The van der Waals surface area contributed by atoms with Gasteiger partial charge in [0.2, 0.25) is 0 Å². The van der Waals surface area contributed by atoms with Gasteiger partial charge in [-0.15, -0.1) is 11.8 Å². The molecule has 0 unspecified atom stereocenters. The van der Waals surface area contributed by atoms with Crippen molar-refractivity contribution < 1.29 is 9.53 Å². The number of thioether (sulfide) groups is 1. The van der Waals surface area contributed by atoms with E-state index in [4.69, 9.17) is 4.74 Å². The summed E-state index contributed by atoms with van der Waals surface area (Å²) in [5.41, 5.74) is -0.429. The van der Waals surface area contributed by atoms with Gasteiger partial charge in [-0.3, -0.25) is 4.99 Å². The fourth-order valence-electron chi connectivity index (χ4n) is 2.48. The number of rotatable bonds is 3. The van der Waals surface area contributed by atoms with Crippen LogP contribution in [0.5, 0.6) is 0 Å². The van der Waals surface area contributed by atoms with Gasteiger partial charge in [0.15, 0.2) is 0 Å². The van der Waals surface area contributed by atoms with Gasteiger partial charge in [0, 0.05) is 18.5 Å². The highest BCUT2D eigenvalue weighted by atomic mass is 32.2. The molecular weight excluding hydrogens is 272 g/mol. The normalized spacial score (nSPS) is 24.4. The zero-order valence-corrected chi connectivity index (χ0v) is 14.2. The summed E-state index contributed by atoms with van der Waals surface area (Å²) in [7, 11) is 0. The van der Waals surface area contributed by atoms with Gasteiger partial charge in [0.25, 0.3) is 0 Å². The van der Waals surface area contributed by atoms with E-state index in [1.54, 1.807) is 11.8 Å². The second-order valence-electron chi connectivity index (χ2n) is 6.21. The molecule has 1 saturated carbocycles. The molecule has 0 aromatic heterocycles. The Labute approximate surface area is 127 Å². The summed E-state index contributed by atoms with van der Waals surface area (Å²) < 4.78 is 5.30. The Morgan fingerprint density at radius 1 is 1.30 bits per heavy atom. The average Bonchev–Trinajstić information content (AvgIpc) is 2.34. The molecule has 0 radical (unpaired) electrons. The van der Waals surface area contributed by atoms with Crippen molar-refractivity contribution in [3.05, 3.63) is 0 Å². The van der Waals surface area contributed by atoms with Gasteiger partial charge in [0.1, 0.15) is 5.60 Å². The van der Waals surface area contributed by atoms with Crippen molar-refractivity contribution in [3.8, 4) is 0 Å². The molecule has 1 fully saturated rings. The lowest BCUT2D eigenvalue weighted by molar-refractivity contribution is 0.0491. The topological polar surface area (TPSA) is 50.7 Å². The molecule has 4 nitrogen and oxygen atoms in total. The molecule has 5 heteroatoms. The minimum Gasteiger partial charge on any atom is -0.444 e. The Morgan fingerprint density at radius 2 is 1.90 bits per heavy atom. The third kappa shape index (κ3) is 6.16. The summed E-state index contributed by atoms with van der Waals surface area (Å²) in [6.45, 7) is 8.58. The summed E-state index contributed by atoms with van der Waals surface area (Å²) >= 11 is 1.76. The molecule has 0 spiro atoms. The van der Waals surface area contributed by atoms with Gasteiger partial charge in [-0.2, -0.15) is 0 Å². The third-order valence-electron chi connectivity index (χ3n) is 3.32. The van der Waals surface area contributed by atoms with Crippen LogP contribution in [0.4, 0.5) is 4.79 Å². The zero-order chi connectivity index (χ0) is 15.2. The van der Waals surface area contributed by atoms with E-state index in [0.717, 1.165) is 32.2 Å². The number of carbonyl (C=O) groups excluding carboxylic acids is 1. The van der Waals surface area contributed by atoms with Crippen LogP contribution in [0, 0.1) is 5.92 Å². The van der Waals surface area contributed by atoms with Gasteiger partial charge in [0.05, 0.1) is 5.04 Å². The summed E-state index contributed by atoms with van der Waals surface area (Å²) in [4.78, 5) is 16.3. The SMILES string of the molecule is CC/N=C(\SC)C1CCC(NC(=O)OC(C)(C)C)CC1. The van der Waals surface area contributed by atoms with E-state index < -0.39 is 5.60 Å². The lowest BCUT2D eigenvalue weighted by atomic mass is 9.86. The van der Waals surface area contributed by atoms with E-state index in [1.807, 2.05) is 20.8 Å². The molecule has 0 heterocycles. The average molecular weight is 300 g/mol. The maximum atomic E-state index is 11.7. The third-order valence-corrected chi connectivity index (χ3v) is 4.20. The van der Waals surface area contributed by atoms with Crippen LogP contribution in [-0.2, 0) is 4.74 Å². The number of hydrogen-bond donors (Lipinski definition) is 1. The lowest BCUT2D eigenvalue weighted by Crippen LogP contribution is -2.41. The molecule has 0 bridgehead atoms. The number of nitrogens with one attached hydrogen (secondary N) is 1. The summed E-state index contributed by atoms with van der Waals surface area (Å²) in [6, 6.07) is 0.242. The molecule has 0 aliphatic heterocycles. The Balaban J connectivity index is 2.39. The molecule has 0 atom stereocenters. The standard InChI is InChI=1S/C15H28N2O2S/c1-6-16-13(20-5)11-7-9-12(10-8-11)17-14(18)19-15(2,3)4/h11-12H,6-10H2,1-5H3,(H,17,18)/b16-13-. The molecule has 20 heavy (non-hydrogen) atoms. The van der Waals surface area contributed by atoms with Crippen molar-refractivity contribution in [1.29, 1.82) is 0 Å². The molecule has 116 valence electrons. The van der Waals surface area contributed by atoms with Crippen LogP contribution in [0.25, 0.3) is 0 Å². The van der Waals surface area contributed by atoms with Crippen LogP contribution in [0.2, 0.25) is 0 Å². The molecule has 1 N–H and O–H groups in total. The van der Waals surface area contributed by atoms with Gasteiger partial charge in [-0.25, -0.2) is 4.79 Å². The minimum atomic E-state index is -0.429. The van der Waals surface area contributed by atoms with Crippen molar-refractivity contribution in [2.24, 2.45) is 10.9 Å². The van der Waals surface area contributed by atoms with E-state index in [-0.39, 0.29) is 12.1 Å². The zero-order valence-electron chi connectivity index (χ0n) is 13.4. The van der Waals surface area contributed by atoms with Crippen molar-refractivity contribution in [2.75, 3.05) is 12.8 Å². The highest BCUT2D eigenvalue weighted by molar-refractivity contribution is 8.13. The van der Waals surface area contributed by atoms with Gasteiger partial charge in [-0.05, 0) is 59.6 Å². The number of amides is 1. The fourth-order valence-corrected chi connectivity index (χ4v) is 3.30. The summed E-state index contributed by atoms with van der Waals surface area (Å²) in [5.74, 6) is 0.571. The van der Waals surface area contributed by atoms with E-state index in [9.17, 15) is 4.79 Å². The monoisotopic (exact) mass is 300 g/mol. The number of carbonyl (C=O) groups is 1. The first-order valence-electron chi connectivity index (χ1n) is 7.43. The summed E-state index contributed by atoms with van der Waals surface area (Å²) in [6.07, 6.45) is 6.01. The van der Waals surface area contributed by atoms with Crippen molar-refractivity contribution in [1.82, 2.24) is 5.32 Å². The predicted octanol–water partition coefficient (Wildman–Crippen LogP) is 3.85. The molecule has 1 aliphatic rings. The quantitative estimate of drug-likeness (QED) is 0.636. The van der Waals surface area contributed by atoms with Crippen LogP contribution in [0.15, 0.2) is 4.99 Å². The number of hydrogen-bond acceptors (Lipinski definition) is 4. The first-order chi connectivity index (χ1) is 9.35. The number of ether oxygens (including phenoxy) is 1. The van der Waals surface area contributed by atoms with Crippen LogP contribution >= 0.6 is 11.8 Å². The Hall–Kier alpha value is -0.710. The molecule has 0 saturated heterocycles. The highest BCUT2D eigenvalue weighted by Gasteiger charge is 2.26. The van der Waals surface area contributed by atoms with E-state index >= 15 is 0 Å². The van der Waals surface area contributed by atoms with E-state index in [0.29, 0.717) is 5.92 Å². The van der Waals surface area contributed by atoms with E-state index in [2.05, 4.69) is 23.5 Å². The largest absolute Gasteiger partial charge is 0.444 e. The van der Waals surface area contributed by atoms with Crippen molar-refractivity contribution in [2.45, 2.75) is 65.0 Å². The Bertz CT molecular complexity index is 342. The van der Waals surface area contributed by atoms with Crippen LogP contribution in [0.3, 0.4) is 0 Å². The second kappa shape index (κ2) is 7.91. The first-order valence-corrected chi connectivity index (χ1v) is 8.66. The number of aliphatic imine (C=N–C) groups is 1. The Morgan fingerprint density at radius 3 is 2.35 bits per heavy atom. The fraction of sp³-hybridized carbons (Fsp3) is 0.867. The maximum Gasteiger partial charge on any atom is 0.407 e. The summed E-state index contributed by atoms with van der Waals surface area (Å²) in [5, 5.41) is 4.24. The highest BCUT2D eigenvalue weighted by Crippen LogP contribution is 2.29.